The third-order valence-corrected chi connectivity index (χ3v) is 4.04. The van der Waals surface area contributed by atoms with Gasteiger partial charge in [0.1, 0.15) is 11.6 Å². The summed E-state index contributed by atoms with van der Waals surface area (Å²) < 4.78 is 32.3. The second-order valence-corrected chi connectivity index (χ2v) is 6.18. The van der Waals surface area contributed by atoms with Gasteiger partial charge in [0.2, 0.25) is 6.10 Å². The van der Waals surface area contributed by atoms with Gasteiger partial charge in [-0.15, -0.1) is 0 Å². The van der Waals surface area contributed by atoms with Gasteiger partial charge in [0.25, 0.3) is 5.91 Å². The summed E-state index contributed by atoms with van der Waals surface area (Å²) in [6.07, 6.45) is -1.31. The van der Waals surface area contributed by atoms with E-state index in [0.29, 0.717) is 17.3 Å². The molecule has 3 aromatic rings. The Morgan fingerprint density at radius 3 is 2.25 bits per heavy atom. The second kappa shape index (κ2) is 8.43. The van der Waals surface area contributed by atoms with Gasteiger partial charge in [0, 0.05) is 17.3 Å². The Morgan fingerprint density at radius 2 is 1.61 bits per heavy atom. The topological polar surface area (TPSA) is 55.4 Å². The SMILES string of the molecule is Cc1ccc(NC(=O)[C@H](OC(=O)c2ccc(F)cc2F)c2ccccc2)cc1. The van der Waals surface area contributed by atoms with E-state index in [9.17, 15) is 18.4 Å². The highest BCUT2D eigenvalue weighted by Gasteiger charge is 2.27. The quantitative estimate of drug-likeness (QED) is 0.646. The Labute approximate surface area is 160 Å². The third-order valence-electron chi connectivity index (χ3n) is 4.04. The minimum atomic E-state index is -1.31. The van der Waals surface area contributed by atoms with E-state index in [1.54, 1.807) is 42.5 Å². The first-order valence-corrected chi connectivity index (χ1v) is 8.52. The zero-order chi connectivity index (χ0) is 20.1. The highest BCUT2D eigenvalue weighted by atomic mass is 19.1. The first kappa shape index (κ1) is 19.2. The number of carbonyl (C=O) groups excluding carboxylic acids is 2. The number of esters is 1. The van der Waals surface area contributed by atoms with Crippen molar-refractivity contribution in [1.82, 2.24) is 0 Å². The maximum atomic E-state index is 13.9. The summed E-state index contributed by atoms with van der Waals surface area (Å²) in [5.41, 5.74) is 1.52. The molecule has 0 unspecified atom stereocenters. The van der Waals surface area contributed by atoms with Gasteiger partial charge >= 0.3 is 5.97 Å². The van der Waals surface area contributed by atoms with Gasteiger partial charge < -0.3 is 10.1 Å². The summed E-state index contributed by atoms with van der Waals surface area (Å²) >= 11 is 0. The molecule has 1 N–H and O–H groups in total. The van der Waals surface area contributed by atoms with Crippen molar-refractivity contribution in [2.45, 2.75) is 13.0 Å². The van der Waals surface area contributed by atoms with Crippen LogP contribution in [0.3, 0.4) is 0 Å². The molecule has 6 heteroatoms. The minimum absolute atomic E-state index is 0.419. The molecule has 0 heterocycles. The van der Waals surface area contributed by atoms with Crippen molar-refractivity contribution in [2.24, 2.45) is 0 Å². The zero-order valence-electron chi connectivity index (χ0n) is 15.0. The lowest BCUT2D eigenvalue weighted by atomic mass is 10.1. The van der Waals surface area contributed by atoms with Crippen LogP contribution in [0.1, 0.15) is 27.6 Å². The molecule has 0 saturated heterocycles. The molecule has 0 aliphatic heterocycles. The molecule has 0 saturated carbocycles. The van der Waals surface area contributed by atoms with Crippen molar-refractivity contribution in [3.63, 3.8) is 0 Å². The molecule has 0 aliphatic carbocycles. The first-order chi connectivity index (χ1) is 13.4. The van der Waals surface area contributed by atoms with Crippen LogP contribution < -0.4 is 5.32 Å². The van der Waals surface area contributed by atoms with Crippen LogP contribution in [0.15, 0.2) is 72.8 Å². The predicted octanol–water partition coefficient (Wildman–Crippen LogP) is 4.81. The number of aryl methyl sites for hydroxylation is 1. The summed E-state index contributed by atoms with van der Waals surface area (Å²) in [6.45, 7) is 1.91. The maximum Gasteiger partial charge on any atom is 0.342 e. The minimum Gasteiger partial charge on any atom is -0.444 e. The van der Waals surface area contributed by atoms with Gasteiger partial charge in [-0.25, -0.2) is 13.6 Å². The number of hydrogen-bond donors (Lipinski definition) is 1. The smallest absolute Gasteiger partial charge is 0.342 e. The molecule has 28 heavy (non-hydrogen) atoms. The summed E-state index contributed by atoms with van der Waals surface area (Å²) in [5.74, 6) is -3.53. The molecule has 0 fully saturated rings. The van der Waals surface area contributed by atoms with E-state index in [1.807, 2.05) is 19.1 Å². The van der Waals surface area contributed by atoms with Crippen molar-refractivity contribution >= 4 is 17.6 Å². The summed E-state index contributed by atoms with van der Waals surface area (Å²) in [5, 5.41) is 2.68. The van der Waals surface area contributed by atoms with Gasteiger partial charge in [0.05, 0.1) is 5.56 Å². The van der Waals surface area contributed by atoms with Crippen LogP contribution in [0, 0.1) is 18.6 Å². The molecule has 1 atom stereocenters. The molecule has 0 aliphatic rings. The Kier molecular flexibility index (Phi) is 5.79. The molecule has 1 amide bonds. The summed E-state index contributed by atoms with van der Waals surface area (Å²) in [6, 6.07) is 18.0. The molecular weight excluding hydrogens is 364 g/mol. The number of hydrogen-bond acceptors (Lipinski definition) is 3. The number of anilines is 1. The molecule has 3 rings (SSSR count). The summed E-state index contributed by atoms with van der Waals surface area (Å²) in [4.78, 5) is 25.2. The van der Waals surface area contributed by atoms with E-state index in [2.05, 4.69) is 5.32 Å². The number of nitrogens with one attached hydrogen (secondary N) is 1. The Bertz CT molecular complexity index is 988. The molecule has 0 aromatic heterocycles. The van der Waals surface area contributed by atoms with Crippen molar-refractivity contribution in [3.8, 4) is 0 Å². The van der Waals surface area contributed by atoms with E-state index in [4.69, 9.17) is 4.74 Å². The van der Waals surface area contributed by atoms with Crippen LogP contribution in [0.2, 0.25) is 0 Å². The van der Waals surface area contributed by atoms with Crippen LogP contribution in [0.4, 0.5) is 14.5 Å². The van der Waals surface area contributed by atoms with Crippen LogP contribution in [0.25, 0.3) is 0 Å². The number of carbonyl (C=O) groups is 2. The number of halogens is 2. The molecule has 0 radical (unpaired) electrons. The van der Waals surface area contributed by atoms with Crippen LogP contribution >= 0.6 is 0 Å². The van der Waals surface area contributed by atoms with E-state index < -0.39 is 35.2 Å². The number of rotatable bonds is 5. The highest BCUT2D eigenvalue weighted by molar-refractivity contribution is 5.98. The van der Waals surface area contributed by atoms with Gasteiger partial charge in [-0.3, -0.25) is 4.79 Å². The van der Waals surface area contributed by atoms with Gasteiger partial charge in [-0.1, -0.05) is 48.0 Å². The highest BCUT2D eigenvalue weighted by Crippen LogP contribution is 2.23. The fourth-order valence-electron chi connectivity index (χ4n) is 2.57. The van der Waals surface area contributed by atoms with Crippen molar-refractivity contribution in [2.75, 3.05) is 5.32 Å². The predicted molar refractivity (Wildman–Crippen MR) is 101 cm³/mol. The van der Waals surface area contributed by atoms with Crippen LogP contribution in [-0.4, -0.2) is 11.9 Å². The number of amides is 1. The van der Waals surface area contributed by atoms with E-state index in [0.717, 1.165) is 17.7 Å². The Balaban J connectivity index is 1.85. The third kappa shape index (κ3) is 4.59. The zero-order valence-corrected chi connectivity index (χ0v) is 15.0. The molecule has 142 valence electrons. The fourth-order valence-corrected chi connectivity index (χ4v) is 2.57. The lowest BCUT2D eigenvalue weighted by Gasteiger charge is -2.18. The average Bonchev–Trinajstić information content (AvgIpc) is 2.68. The average molecular weight is 381 g/mol. The fraction of sp³-hybridized carbons (Fsp3) is 0.0909. The lowest BCUT2D eigenvalue weighted by molar-refractivity contribution is -0.125. The van der Waals surface area contributed by atoms with Gasteiger partial charge in [0.15, 0.2) is 0 Å². The molecule has 3 aromatic carbocycles. The number of benzene rings is 3. The van der Waals surface area contributed by atoms with E-state index >= 15 is 0 Å². The normalized spacial score (nSPS) is 11.5. The van der Waals surface area contributed by atoms with Crippen molar-refractivity contribution in [1.29, 1.82) is 0 Å². The van der Waals surface area contributed by atoms with E-state index in [-0.39, 0.29) is 0 Å². The molecule has 4 nitrogen and oxygen atoms in total. The van der Waals surface area contributed by atoms with Crippen molar-refractivity contribution < 1.29 is 23.1 Å². The molecule has 0 spiro atoms. The monoisotopic (exact) mass is 381 g/mol. The maximum absolute atomic E-state index is 13.9. The second-order valence-electron chi connectivity index (χ2n) is 6.18. The van der Waals surface area contributed by atoms with Gasteiger partial charge in [-0.05, 0) is 31.2 Å². The Hall–Kier alpha value is -3.54. The standard InChI is InChI=1S/C22H17F2NO3/c1-14-7-10-17(11-8-14)25-21(26)20(15-5-3-2-4-6-15)28-22(27)18-12-9-16(23)13-19(18)24/h2-13,20H,1H3,(H,25,26)/t20-/m1/s1. The molecular formula is C22H17F2NO3. The van der Waals surface area contributed by atoms with Gasteiger partial charge in [-0.2, -0.15) is 0 Å². The molecule has 0 bridgehead atoms. The van der Waals surface area contributed by atoms with E-state index in [1.165, 1.54) is 0 Å². The first-order valence-electron chi connectivity index (χ1n) is 8.52. The lowest BCUT2D eigenvalue weighted by Crippen LogP contribution is -2.26. The summed E-state index contributed by atoms with van der Waals surface area (Å²) in [7, 11) is 0. The van der Waals surface area contributed by atoms with Crippen molar-refractivity contribution in [3.05, 3.63) is 101 Å². The largest absolute Gasteiger partial charge is 0.444 e. The van der Waals surface area contributed by atoms with Crippen LogP contribution in [-0.2, 0) is 9.53 Å². The Morgan fingerprint density at radius 1 is 0.929 bits per heavy atom. The van der Waals surface area contributed by atoms with Crippen LogP contribution in [0.5, 0.6) is 0 Å². The number of ether oxygens (including phenoxy) is 1.